The molecule has 0 saturated heterocycles. The Labute approximate surface area is 147 Å². The minimum Gasteiger partial charge on any atom is -0.346 e. The van der Waals surface area contributed by atoms with Gasteiger partial charge in [0.05, 0.1) is 11.2 Å². The zero-order chi connectivity index (χ0) is 17.4. The molecule has 1 aromatic carbocycles. The van der Waals surface area contributed by atoms with Crippen molar-refractivity contribution in [3.05, 3.63) is 55.8 Å². The Balaban J connectivity index is 2.15. The van der Waals surface area contributed by atoms with E-state index in [-0.39, 0.29) is 11.0 Å². The first-order valence-electron chi connectivity index (χ1n) is 7.48. The van der Waals surface area contributed by atoms with Crippen LogP contribution >= 0.6 is 22.9 Å². The van der Waals surface area contributed by atoms with Crippen LogP contribution in [0.1, 0.15) is 28.5 Å². The summed E-state index contributed by atoms with van der Waals surface area (Å²) in [6.45, 7) is 6.29. The van der Waals surface area contributed by atoms with Crippen LogP contribution in [-0.4, -0.2) is 15.5 Å². The van der Waals surface area contributed by atoms with Crippen molar-refractivity contribution in [1.82, 2.24) is 9.55 Å². The molecule has 2 aromatic heterocycles. The van der Waals surface area contributed by atoms with Crippen LogP contribution in [0.2, 0.25) is 5.02 Å². The fourth-order valence-electron chi connectivity index (χ4n) is 2.64. The van der Waals surface area contributed by atoms with Gasteiger partial charge in [-0.15, -0.1) is 11.3 Å². The normalized spacial score (nSPS) is 11.0. The van der Waals surface area contributed by atoms with Gasteiger partial charge in [-0.25, -0.2) is 4.98 Å². The summed E-state index contributed by atoms with van der Waals surface area (Å²) in [5.41, 5.74) is 2.21. The van der Waals surface area contributed by atoms with Gasteiger partial charge >= 0.3 is 0 Å². The number of carbonyl (C=O) groups excluding carboxylic acids is 1. The van der Waals surface area contributed by atoms with Gasteiger partial charge in [-0.2, -0.15) is 0 Å². The van der Waals surface area contributed by atoms with Gasteiger partial charge < -0.3 is 4.57 Å². The molecule has 2 heterocycles. The second kappa shape index (κ2) is 6.37. The lowest BCUT2D eigenvalue weighted by Crippen LogP contribution is -2.24. The largest absolute Gasteiger partial charge is 0.346 e. The predicted octanol–water partition coefficient (Wildman–Crippen LogP) is 4.00. The van der Waals surface area contributed by atoms with Crippen molar-refractivity contribution in [3.8, 4) is 0 Å². The van der Waals surface area contributed by atoms with Crippen LogP contribution in [0.5, 0.6) is 0 Å². The van der Waals surface area contributed by atoms with Crippen LogP contribution in [0.15, 0.2) is 28.5 Å². The summed E-state index contributed by atoms with van der Waals surface area (Å²) in [5.74, 6) is -0.453. The minimum absolute atomic E-state index is 0.0962. The summed E-state index contributed by atoms with van der Waals surface area (Å²) >= 11 is 7.51. The maximum atomic E-state index is 12.8. The van der Waals surface area contributed by atoms with Gasteiger partial charge in [-0.1, -0.05) is 11.6 Å². The van der Waals surface area contributed by atoms with Crippen LogP contribution in [0.4, 0.5) is 5.13 Å². The first-order valence-corrected chi connectivity index (χ1v) is 8.74. The molecule has 5 nitrogen and oxygen atoms in total. The van der Waals surface area contributed by atoms with Crippen molar-refractivity contribution in [1.29, 1.82) is 0 Å². The minimum atomic E-state index is -0.453. The van der Waals surface area contributed by atoms with E-state index in [1.54, 1.807) is 18.3 Å². The molecule has 0 saturated carbocycles. The smallest absolute Gasteiger partial charge is 0.262 e. The zero-order valence-electron chi connectivity index (χ0n) is 13.5. The Morgan fingerprint density at radius 2 is 2.12 bits per heavy atom. The number of anilines is 1. The number of fused-ring (bicyclic) bond motifs is 1. The molecule has 24 heavy (non-hydrogen) atoms. The molecule has 1 amide bonds. The highest BCUT2D eigenvalue weighted by molar-refractivity contribution is 7.13. The molecule has 7 heteroatoms. The molecule has 0 aliphatic carbocycles. The Hall–Kier alpha value is -2.18. The summed E-state index contributed by atoms with van der Waals surface area (Å²) in [7, 11) is 0. The maximum absolute atomic E-state index is 12.8. The fraction of sp³-hybridized carbons (Fsp3) is 0.235. The van der Waals surface area contributed by atoms with E-state index in [0.717, 1.165) is 16.8 Å². The summed E-state index contributed by atoms with van der Waals surface area (Å²) in [6.07, 6.45) is 1.59. The zero-order valence-corrected chi connectivity index (χ0v) is 15.1. The van der Waals surface area contributed by atoms with Crippen molar-refractivity contribution in [2.24, 2.45) is 0 Å². The van der Waals surface area contributed by atoms with Crippen LogP contribution in [0.3, 0.4) is 0 Å². The maximum Gasteiger partial charge on any atom is 0.262 e. The van der Waals surface area contributed by atoms with Crippen molar-refractivity contribution in [3.63, 3.8) is 0 Å². The van der Waals surface area contributed by atoms with Crippen LogP contribution in [0, 0.1) is 13.8 Å². The molecular formula is C17H16ClN3O2S. The lowest BCUT2D eigenvalue weighted by Gasteiger charge is -2.14. The molecular weight excluding hydrogens is 346 g/mol. The van der Waals surface area contributed by atoms with E-state index in [4.69, 9.17) is 11.6 Å². The van der Waals surface area contributed by atoms with Gasteiger partial charge in [0, 0.05) is 28.5 Å². The van der Waals surface area contributed by atoms with E-state index in [0.29, 0.717) is 22.1 Å². The molecule has 1 N–H and O–H groups in total. The number of hydrogen-bond donors (Lipinski definition) is 1. The molecule has 0 radical (unpaired) electrons. The highest BCUT2D eigenvalue weighted by Crippen LogP contribution is 2.24. The number of thiazole rings is 1. The first kappa shape index (κ1) is 16.7. The lowest BCUT2D eigenvalue weighted by molar-refractivity contribution is 0.102. The van der Waals surface area contributed by atoms with Gasteiger partial charge in [0.25, 0.3) is 5.91 Å². The van der Waals surface area contributed by atoms with Gasteiger partial charge in [0.1, 0.15) is 5.56 Å². The first-order chi connectivity index (χ1) is 11.4. The SMILES string of the molecule is CCn1cc(C(=O)Nc2nc(C)cs2)c(=O)c2ccc(Cl)c(C)c21. The molecule has 0 fully saturated rings. The molecule has 0 aliphatic rings. The monoisotopic (exact) mass is 361 g/mol. The molecule has 3 rings (SSSR count). The number of amides is 1. The number of benzene rings is 1. The standard InChI is InChI=1S/C17H16ClN3O2S/c1-4-21-7-12(16(23)20-17-19-9(2)8-24-17)15(22)11-5-6-13(18)10(3)14(11)21/h5-8H,4H2,1-3H3,(H,19,20,23). The lowest BCUT2D eigenvalue weighted by atomic mass is 10.1. The predicted molar refractivity (Wildman–Crippen MR) is 98.4 cm³/mol. The second-order valence-corrected chi connectivity index (χ2v) is 6.74. The van der Waals surface area contributed by atoms with Gasteiger partial charge in [0.2, 0.25) is 5.43 Å². The number of nitrogens with one attached hydrogen (secondary N) is 1. The molecule has 0 spiro atoms. The number of aromatic nitrogens is 2. The van der Waals surface area contributed by atoms with E-state index >= 15 is 0 Å². The van der Waals surface area contributed by atoms with Crippen molar-refractivity contribution < 1.29 is 4.79 Å². The second-order valence-electron chi connectivity index (χ2n) is 5.47. The average molecular weight is 362 g/mol. The third-order valence-electron chi connectivity index (χ3n) is 3.85. The summed E-state index contributed by atoms with van der Waals surface area (Å²) in [5, 5.41) is 6.09. The van der Waals surface area contributed by atoms with E-state index in [1.807, 2.05) is 30.7 Å². The van der Waals surface area contributed by atoms with Crippen LogP contribution < -0.4 is 10.7 Å². The topological polar surface area (TPSA) is 64.0 Å². The molecule has 0 unspecified atom stereocenters. The van der Waals surface area contributed by atoms with E-state index in [1.165, 1.54) is 11.3 Å². The highest BCUT2D eigenvalue weighted by atomic mass is 35.5. The molecule has 0 bridgehead atoms. The van der Waals surface area contributed by atoms with E-state index in [2.05, 4.69) is 10.3 Å². The number of pyridine rings is 1. The molecule has 124 valence electrons. The number of hydrogen-bond acceptors (Lipinski definition) is 4. The quantitative estimate of drug-likeness (QED) is 0.766. The number of aryl methyl sites for hydroxylation is 3. The third-order valence-corrected chi connectivity index (χ3v) is 5.14. The Kier molecular flexibility index (Phi) is 4.43. The van der Waals surface area contributed by atoms with Gasteiger partial charge in [-0.05, 0) is 38.5 Å². The van der Waals surface area contributed by atoms with E-state index in [9.17, 15) is 9.59 Å². The van der Waals surface area contributed by atoms with Gasteiger partial charge in [-0.3, -0.25) is 14.9 Å². The summed E-state index contributed by atoms with van der Waals surface area (Å²) in [4.78, 5) is 29.5. The van der Waals surface area contributed by atoms with Gasteiger partial charge in [0.15, 0.2) is 5.13 Å². The van der Waals surface area contributed by atoms with Crippen LogP contribution in [-0.2, 0) is 6.54 Å². The Bertz CT molecular complexity index is 1010. The van der Waals surface area contributed by atoms with Crippen molar-refractivity contribution in [2.75, 3.05) is 5.32 Å². The Morgan fingerprint density at radius 3 is 2.75 bits per heavy atom. The van der Waals surface area contributed by atoms with Crippen molar-refractivity contribution >= 4 is 44.9 Å². The van der Waals surface area contributed by atoms with E-state index < -0.39 is 5.91 Å². The number of rotatable bonds is 3. The van der Waals surface area contributed by atoms with Crippen molar-refractivity contribution in [2.45, 2.75) is 27.3 Å². The average Bonchev–Trinajstić information content (AvgIpc) is 2.96. The van der Waals surface area contributed by atoms with Crippen LogP contribution in [0.25, 0.3) is 10.9 Å². The summed E-state index contributed by atoms with van der Waals surface area (Å²) < 4.78 is 1.87. The number of nitrogens with zero attached hydrogens (tertiary/aromatic N) is 2. The Morgan fingerprint density at radius 1 is 1.38 bits per heavy atom. The summed E-state index contributed by atoms with van der Waals surface area (Å²) in [6, 6.07) is 3.36. The number of halogens is 1. The molecule has 0 aliphatic heterocycles. The third kappa shape index (κ3) is 2.83. The highest BCUT2D eigenvalue weighted by Gasteiger charge is 2.18. The number of carbonyl (C=O) groups is 1. The fourth-order valence-corrected chi connectivity index (χ4v) is 3.48. The molecule has 3 aromatic rings. The molecule has 0 atom stereocenters.